The van der Waals surface area contributed by atoms with Crippen molar-refractivity contribution in [2.24, 2.45) is 0 Å². The molecular weight excluding hydrogens is 212 g/mol. The molecule has 0 saturated heterocycles. The molecule has 0 bridgehead atoms. The van der Waals surface area contributed by atoms with Gasteiger partial charge in [-0.25, -0.2) is 0 Å². The largest absolute Gasteiger partial charge is 0.494 e. The minimum absolute atomic E-state index is 0.618. The van der Waals surface area contributed by atoms with E-state index in [9.17, 15) is 0 Å². The zero-order valence-electron chi connectivity index (χ0n) is 9.38. The second-order valence-corrected chi connectivity index (χ2v) is 3.63. The van der Waals surface area contributed by atoms with Gasteiger partial charge in [-0.15, -0.1) is 0 Å². The Morgan fingerprint density at radius 3 is 2.40 bits per heavy atom. The Morgan fingerprint density at radius 2 is 1.93 bits per heavy atom. The topological polar surface area (TPSA) is 38.5 Å². The molecule has 0 fully saturated rings. The van der Waals surface area contributed by atoms with Crippen LogP contribution in [0.5, 0.6) is 5.75 Å². The fraction of sp³-hybridized carbons (Fsp3) is 0.455. The first-order valence-corrected chi connectivity index (χ1v) is 5.39. The number of halogens is 1. The summed E-state index contributed by atoms with van der Waals surface area (Å²) in [7, 11) is 1.62. The number of ether oxygens (including phenoxy) is 1. The van der Waals surface area contributed by atoms with Gasteiger partial charge in [-0.3, -0.25) is 0 Å². The van der Waals surface area contributed by atoms with E-state index in [1.807, 2.05) is 0 Å². The van der Waals surface area contributed by atoms with Crippen molar-refractivity contribution in [3.05, 3.63) is 17.2 Å². The maximum Gasteiger partial charge on any atom is 0.145 e. The first-order chi connectivity index (χ1) is 7.13. The molecule has 0 saturated carbocycles. The van der Waals surface area contributed by atoms with Gasteiger partial charge in [-0.2, -0.15) is 0 Å². The first kappa shape index (κ1) is 12.0. The molecule has 1 aromatic rings. The number of nitrogens with zero attached hydrogens (tertiary/aromatic N) is 1. The predicted molar refractivity (Wildman–Crippen MR) is 66.0 cm³/mol. The molecule has 4 heteroatoms. The zero-order valence-corrected chi connectivity index (χ0v) is 10.1. The maximum absolute atomic E-state index is 6.16. The third-order valence-corrected chi connectivity index (χ3v) is 2.64. The van der Waals surface area contributed by atoms with Gasteiger partial charge >= 0.3 is 0 Å². The molecule has 0 radical (unpaired) electrons. The van der Waals surface area contributed by atoms with Crippen LogP contribution in [-0.4, -0.2) is 20.2 Å². The number of hydrogen-bond acceptors (Lipinski definition) is 3. The average Bonchev–Trinajstić information content (AvgIpc) is 2.21. The van der Waals surface area contributed by atoms with E-state index >= 15 is 0 Å². The van der Waals surface area contributed by atoms with Crippen LogP contribution < -0.4 is 15.4 Å². The van der Waals surface area contributed by atoms with Gasteiger partial charge in [0.05, 0.1) is 17.8 Å². The minimum atomic E-state index is 0.618. The first-order valence-electron chi connectivity index (χ1n) is 5.02. The van der Waals surface area contributed by atoms with Gasteiger partial charge in [0.15, 0.2) is 0 Å². The molecule has 2 N–H and O–H groups in total. The van der Waals surface area contributed by atoms with E-state index in [1.54, 1.807) is 19.2 Å². The number of nitrogens with two attached hydrogens (primary N) is 1. The van der Waals surface area contributed by atoms with Crippen LogP contribution in [0.25, 0.3) is 0 Å². The van der Waals surface area contributed by atoms with Gasteiger partial charge in [-0.05, 0) is 19.9 Å². The normalized spacial score (nSPS) is 10.1. The van der Waals surface area contributed by atoms with E-state index in [2.05, 4.69) is 18.7 Å². The van der Waals surface area contributed by atoms with Crippen molar-refractivity contribution in [2.75, 3.05) is 30.8 Å². The van der Waals surface area contributed by atoms with Crippen LogP contribution in [0.15, 0.2) is 12.1 Å². The number of hydrogen-bond donors (Lipinski definition) is 1. The van der Waals surface area contributed by atoms with Crippen LogP contribution in [0.3, 0.4) is 0 Å². The monoisotopic (exact) mass is 228 g/mol. The fourth-order valence-corrected chi connectivity index (χ4v) is 1.93. The summed E-state index contributed by atoms with van der Waals surface area (Å²) in [6.07, 6.45) is 0. The summed E-state index contributed by atoms with van der Waals surface area (Å²) in [5.41, 5.74) is 7.24. The molecule has 0 aliphatic rings. The van der Waals surface area contributed by atoms with E-state index in [-0.39, 0.29) is 0 Å². The van der Waals surface area contributed by atoms with Gasteiger partial charge in [0, 0.05) is 24.8 Å². The quantitative estimate of drug-likeness (QED) is 0.806. The molecule has 0 aliphatic heterocycles. The Balaban J connectivity index is 3.24. The molecule has 84 valence electrons. The van der Waals surface area contributed by atoms with E-state index in [4.69, 9.17) is 22.1 Å². The van der Waals surface area contributed by atoms with Gasteiger partial charge in [-0.1, -0.05) is 11.6 Å². The lowest BCUT2D eigenvalue weighted by Crippen LogP contribution is -2.22. The Morgan fingerprint density at radius 1 is 1.33 bits per heavy atom. The maximum atomic E-state index is 6.16. The number of nitrogen functional groups attached to an aromatic ring is 1. The third-order valence-electron chi connectivity index (χ3n) is 2.35. The molecule has 0 atom stereocenters. The van der Waals surface area contributed by atoms with E-state index < -0.39 is 0 Å². The van der Waals surface area contributed by atoms with Crippen molar-refractivity contribution < 1.29 is 4.74 Å². The van der Waals surface area contributed by atoms with E-state index in [0.29, 0.717) is 10.7 Å². The number of methoxy groups -OCH3 is 1. The minimum Gasteiger partial charge on any atom is -0.494 e. The molecule has 0 spiro atoms. The number of benzene rings is 1. The SMILES string of the molecule is CCN(CC)c1c(Cl)cc(N)cc1OC. The summed E-state index contributed by atoms with van der Waals surface area (Å²) in [6, 6.07) is 3.54. The molecule has 0 heterocycles. The van der Waals surface area contributed by atoms with Crippen LogP contribution in [0.2, 0.25) is 5.02 Å². The molecule has 15 heavy (non-hydrogen) atoms. The lowest BCUT2D eigenvalue weighted by molar-refractivity contribution is 0.415. The highest BCUT2D eigenvalue weighted by Gasteiger charge is 2.14. The highest BCUT2D eigenvalue weighted by molar-refractivity contribution is 6.34. The second-order valence-electron chi connectivity index (χ2n) is 3.23. The summed E-state index contributed by atoms with van der Waals surface area (Å²) in [6.45, 7) is 5.93. The van der Waals surface area contributed by atoms with Crippen LogP contribution in [0, 0.1) is 0 Å². The van der Waals surface area contributed by atoms with Crippen LogP contribution in [0.4, 0.5) is 11.4 Å². The van der Waals surface area contributed by atoms with Crippen LogP contribution in [-0.2, 0) is 0 Å². The molecular formula is C11H17ClN2O. The van der Waals surface area contributed by atoms with Gasteiger partial charge < -0.3 is 15.4 Å². The summed E-state index contributed by atoms with van der Waals surface area (Å²) in [4.78, 5) is 2.14. The lowest BCUT2D eigenvalue weighted by atomic mass is 10.2. The van der Waals surface area contributed by atoms with E-state index in [1.165, 1.54) is 0 Å². The van der Waals surface area contributed by atoms with Crippen molar-refractivity contribution in [3.8, 4) is 5.75 Å². The molecule has 1 aromatic carbocycles. The lowest BCUT2D eigenvalue weighted by Gasteiger charge is -2.24. The van der Waals surface area contributed by atoms with Gasteiger partial charge in [0.2, 0.25) is 0 Å². The standard InChI is InChI=1S/C11H17ClN2O/c1-4-14(5-2)11-9(12)6-8(13)7-10(11)15-3/h6-7H,4-5,13H2,1-3H3. The van der Waals surface area contributed by atoms with Crippen molar-refractivity contribution >= 4 is 23.0 Å². The summed E-state index contributed by atoms with van der Waals surface area (Å²) >= 11 is 6.16. The Labute approximate surface area is 95.8 Å². The zero-order chi connectivity index (χ0) is 11.4. The van der Waals surface area contributed by atoms with Crippen molar-refractivity contribution in [3.63, 3.8) is 0 Å². The summed E-state index contributed by atoms with van der Waals surface area (Å²) < 4.78 is 5.29. The molecule has 1 rings (SSSR count). The Kier molecular flexibility index (Phi) is 4.09. The van der Waals surface area contributed by atoms with Crippen LogP contribution >= 0.6 is 11.6 Å². The van der Waals surface area contributed by atoms with Gasteiger partial charge in [0.25, 0.3) is 0 Å². The number of anilines is 2. The van der Waals surface area contributed by atoms with Gasteiger partial charge in [0.1, 0.15) is 5.75 Å². The van der Waals surface area contributed by atoms with Crippen molar-refractivity contribution in [1.29, 1.82) is 0 Å². The third kappa shape index (κ3) is 2.48. The Hall–Kier alpha value is -1.09. The van der Waals surface area contributed by atoms with Crippen LogP contribution in [0.1, 0.15) is 13.8 Å². The number of rotatable bonds is 4. The fourth-order valence-electron chi connectivity index (χ4n) is 1.60. The van der Waals surface area contributed by atoms with Crippen molar-refractivity contribution in [1.82, 2.24) is 0 Å². The highest BCUT2D eigenvalue weighted by atomic mass is 35.5. The van der Waals surface area contributed by atoms with E-state index in [0.717, 1.165) is 24.5 Å². The summed E-state index contributed by atoms with van der Waals surface area (Å²) in [5, 5.41) is 0.635. The predicted octanol–water partition coefficient (Wildman–Crippen LogP) is 2.78. The smallest absolute Gasteiger partial charge is 0.145 e. The molecule has 0 unspecified atom stereocenters. The second kappa shape index (κ2) is 5.12. The highest BCUT2D eigenvalue weighted by Crippen LogP contribution is 2.37. The molecule has 0 aromatic heterocycles. The van der Waals surface area contributed by atoms with Crippen molar-refractivity contribution in [2.45, 2.75) is 13.8 Å². The Bertz CT molecular complexity index is 338. The summed E-state index contributed by atoms with van der Waals surface area (Å²) in [5.74, 6) is 0.726. The molecule has 3 nitrogen and oxygen atoms in total. The molecule has 0 amide bonds. The average molecular weight is 229 g/mol. The molecule has 0 aliphatic carbocycles.